The lowest BCUT2D eigenvalue weighted by Crippen LogP contribution is -2.42. The van der Waals surface area contributed by atoms with Gasteiger partial charge in [0.05, 0.1) is 19.8 Å². The fourth-order valence-corrected chi connectivity index (χ4v) is 3.29. The van der Waals surface area contributed by atoms with E-state index in [1.807, 2.05) is 55.4 Å². The smallest absolute Gasteiger partial charge is 0.309 e. The van der Waals surface area contributed by atoms with E-state index in [-0.39, 0.29) is 12.6 Å². The molecule has 7 nitrogen and oxygen atoms in total. The molecule has 1 aliphatic rings. The minimum atomic E-state index is -0.652. The van der Waals surface area contributed by atoms with E-state index < -0.39 is 11.8 Å². The molecule has 154 valence electrons. The average molecular weight is 397 g/mol. The van der Waals surface area contributed by atoms with Crippen LogP contribution in [-0.2, 0) is 22.6 Å². The number of rotatable bonds is 7. The molecule has 3 rings (SSSR count). The predicted molar refractivity (Wildman–Crippen MR) is 110 cm³/mol. The highest BCUT2D eigenvalue weighted by Gasteiger charge is 2.21. The first-order chi connectivity index (χ1) is 14.0. The van der Waals surface area contributed by atoms with Crippen molar-refractivity contribution in [2.24, 2.45) is 0 Å². The van der Waals surface area contributed by atoms with Gasteiger partial charge in [0.1, 0.15) is 11.5 Å². The van der Waals surface area contributed by atoms with Gasteiger partial charge in [-0.15, -0.1) is 0 Å². The third-order valence-electron chi connectivity index (χ3n) is 5.00. The Morgan fingerprint density at radius 2 is 1.83 bits per heavy atom. The molecule has 0 aromatic heterocycles. The second kappa shape index (κ2) is 9.43. The standard InChI is InChI=1S/C22H27N3O4/c1-25(2)19(16-6-9-20-17(12-16)10-11-29-20)14-24-22(27)21(26)23-13-15-4-7-18(28-3)8-5-15/h4-9,12,19H,10-11,13-14H2,1-3H3,(H,23,26)(H,24,27). The van der Waals surface area contributed by atoms with Crippen LogP contribution < -0.4 is 20.1 Å². The molecule has 1 aliphatic heterocycles. The number of carbonyl (C=O) groups is 2. The van der Waals surface area contributed by atoms with E-state index in [9.17, 15) is 9.59 Å². The number of likely N-dealkylation sites (N-methyl/N-ethyl adjacent to an activating group) is 1. The number of fused-ring (bicyclic) bond motifs is 1. The van der Waals surface area contributed by atoms with Crippen LogP contribution in [0, 0.1) is 0 Å². The van der Waals surface area contributed by atoms with Crippen LogP contribution in [0.5, 0.6) is 11.5 Å². The Morgan fingerprint density at radius 1 is 1.10 bits per heavy atom. The van der Waals surface area contributed by atoms with Gasteiger partial charge in [-0.2, -0.15) is 0 Å². The van der Waals surface area contributed by atoms with Gasteiger partial charge >= 0.3 is 11.8 Å². The molecule has 2 N–H and O–H groups in total. The van der Waals surface area contributed by atoms with Crippen LogP contribution in [0.25, 0.3) is 0 Å². The van der Waals surface area contributed by atoms with Gasteiger partial charge in [-0.1, -0.05) is 24.3 Å². The Morgan fingerprint density at radius 3 is 2.52 bits per heavy atom. The Balaban J connectivity index is 1.53. The summed E-state index contributed by atoms with van der Waals surface area (Å²) in [6, 6.07) is 13.4. The van der Waals surface area contributed by atoms with Crippen molar-refractivity contribution in [1.82, 2.24) is 15.5 Å². The van der Waals surface area contributed by atoms with E-state index in [1.165, 1.54) is 5.56 Å². The van der Waals surface area contributed by atoms with Gasteiger partial charge in [0.25, 0.3) is 0 Å². The van der Waals surface area contributed by atoms with Gasteiger partial charge in [0.2, 0.25) is 0 Å². The maximum atomic E-state index is 12.2. The number of nitrogens with zero attached hydrogens (tertiary/aromatic N) is 1. The lowest BCUT2D eigenvalue weighted by Gasteiger charge is -2.25. The molecule has 0 spiro atoms. The number of benzene rings is 2. The van der Waals surface area contributed by atoms with E-state index in [2.05, 4.69) is 16.7 Å². The number of carbonyl (C=O) groups excluding carboxylic acids is 2. The summed E-state index contributed by atoms with van der Waals surface area (Å²) >= 11 is 0. The van der Waals surface area contributed by atoms with Crippen LogP contribution in [0.15, 0.2) is 42.5 Å². The minimum absolute atomic E-state index is 0.0424. The average Bonchev–Trinajstić information content (AvgIpc) is 3.20. The zero-order valence-electron chi connectivity index (χ0n) is 17.0. The van der Waals surface area contributed by atoms with E-state index >= 15 is 0 Å². The zero-order chi connectivity index (χ0) is 20.8. The monoisotopic (exact) mass is 397 g/mol. The molecule has 1 heterocycles. The fraction of sp³-hybridized carbons (Fsp3) is 0.364. The molecular weight excluding hydrogens is 370 g/mol. The van der Waals surface area contributed by atoms with Crippen LogP contribution in [-0.4, -0.2) is 51.1 Å². The number of methoxy groups -OCH3 is 1. The molecule has 0 bridgehead atoms. The van der Waals surface area contributed by atoms with Crippen LogP contribution in [0.4, 0.5) is 0 Å². The van der Waals surface area contributed by atoms with Crippen LogP contribution in [0.3, 0.4) is 0 Å². The molecule has 0 saturated heterocycles. The first-order valence-electron chi connectivity index (χ1n) is 9.59. The number of hydrogen-bond acceptors (Lipinski definition) is 5. The molecule has 2 amide bonds. The SMILES string of the molecule is COc1ccc(CNC(=O)C(=O)NCC(c2ccc3c(c2)CCO3)N(C)C)cc1. The van der Waals surface area contributed by atoms with Gasteiger partial charge in [0, 0.05) is 19.5 Å². The van der Waals surface area contributed by atoms with Crippen molar-refractivity contribution >= 4 is 11.8 Å². The third kappa shape index (κ3) is 5.26. The number of nitrogens with one attached hydrogen (secondary N) is 2. The molecule has 7 heteroatoms. The maximum Gasteiger partial charge on any atom is 0.309 e. The van der Waals surface area contributed by atoms with Crippen LogP contribution in [0.1, 0.15) is 22.7 Å². The second-order valence-corrected chi connectivity index (χ2v) is 7.19. The molecule has 2 aromatic rings. The topological polar surface area (TPSA) is 79.9 Å². The van der Waals surface area contributed by atoms with Crippen molar-refractivity contribution in [2.45, 2.75) is 19.0 Å². The summed E-state index contributed by atoms with van der Waals surface area (Å²) in [6.07, 6.45) is 0.892. The molecule has 0 aliphatic carbocycles. The summed E-state index contributed by atoms with van der Waals surface area (Å²) in [5, 5.41) is 5.38. The van der Waals surface area contributed by atoms with E-state index in [4.69, 9.17) is 9.47 Å². The third-order valence-corrected chi connectivity index (χ3v) is 5.00. The zero-order valence-corrected chi connectivity index (χ0v) is 17.0. The summed E-state index contributed by atoms with van der Waals surface area (Å²) in [5.41, 5.74) is 3.15. The molecule has 1 atom stereocenters. The lowest BCUT2D eigenvalue weighted by molar-refractivity contribution is -0.139. The van der Waals surface area contributed by atoms with E-state index in [1.54, 1.807) is 7.11 Å². The summed E-state index contributed by atoms with van der Waals surface area (Å²) in [6.45, 7) is 1.32. The van der Waals surface area contributed by atoms with Crippen molar-refractivity contribution in [1.29, 1.82) is 0 Å². The van der Waals surface area contributed by atoms with Crippen LogP contribution in [0.2, 0.25) is 0 Å². The summed E-state index contributed by atoms with van der Waals surface area (Å²) < 4.78 is 10.7. The highest BCUT2D eigenvalue weighted by atomic mass is 16.5. The first-order valence-corrected chi connectivity index (χ1v) is 9.59. The first kappa shape index (κ1) is 20.7. The van der Waals surface area contributed by atoms with Gasteiger partial charge < -0.3 is 25.0 Å². The minimum Gasteiger partial charge on any atom is -0.497 e. The highest BCUT2D eigenvalue weighted by Crippen LogP contribution is 2.29. The van der Waals surface area contributed by atoms with E-state index in [0.29, 0.717) is 13.2 Å². The lowest BCUT2D eigenvalue weighted by atomic mass is 10.0. The van der Waals surface area contributed by atoms with Crippen molar-refractivity contribution in [3.05, 3.63) is 59.2 Å². The molecule has 29 heavy (non-hydrogen) atoms. The summed E-state index contributed by atoms with van der Waals surface area (Å²) in [7, 11) is 5.49. The largest absolute Gasteiger partial charge is 0.497 e. The Kier molecular flexibility index (Phi) is 6.72. The van der Waals surface area contributed by atoms with Crippen molar-refractivity contribution < 1.29 is 19.1 Å². The number of ether oxygens (including phenoxy) is 2. The molecule has 2 aromatic carbocycles. The molecule has 0 saturated carbocycles. The Labute approximate surface area is 171 Å². The normalized spacial score (nSPS) is 13.4. The fourth-order valence-electron chi connectivity index (χ4n) is 3.29. The predicted octanol–water partition coefficient (Wildman–Crippen LogP) is 1.67. The molecular formula is C22H27N3O4. The Hall–Kier alpha value is -3.06. The van der Waals surface area contributed by atoms with Crippen LogP contribution >= 0.6 is 0 Å². The number of amides is 2. The van der Waals surface area contributed by atoms with Gasteiger partial charge in [-0.05, 0) is 49.0 Å². The molecule has 1 unspecified atom stereocenters. The van der Waals surface area contributed by atoms with Crippen molar-refractivity contribution in [2.75, 3.05) is 34.4 Å². The summed E-state index contributed by atoms with van der Waals surface area (Å²) in [4.78, 5) is 26.4. The molecule has 0 radical (unpaired) electrons. The molecule has 0 fully saturated rings. The number of hydrogen-bond donors (Lipinski definition) is 2. The van der Waals surface area contributed by atoms with Gasteiger partial charge in [0.15, 0.2) is 0 Å². The second-order valence-electron chi connectivity index (χ2n) is 7.19. The maximum absolute atomic E-state index is 12.2. The quantitative estimate of drug-likeness (QED) is 0.695. The van der Waals surface area contributed by atoms with E-state index in [0.717, 1.165) is 29.0 Å². The summed E-state index contributed by atoms with van der Waals surface area (Å²) in [5.74, 6) is 0.370. The highest BCUT2D eigenvalue weighted by molar-refractivity contribution is 6.35. The van der Waals surface area contributed by atoms with Crippen molar-refractivity contribution in [3.63, 3.8) is 0 Å². The Bertz CT molecular complexity index is 865. The van der Waals surface area contributed by atoms with Crippen molar-refractivity contribution in [3.8, 4) is 11.5 Å². The van der Waals surface area contributed by atoms with Gasteiger partial charge in [-0.25, -0.2) is 0 Å². The van der Waals surface area contributed by atoms with Gasteiger partial charge in [-0.3, -0.25) is 9.59 Å².